The van der Waals surface area contributed by atoms with Gasteiger partial charge in [-0.1, -0.05) is 37.0 Å². The molecule has 0 saturated heterocycles. The van der Waals surface area contributed by atoms with Gasteiger partial charge in [-0.15, -0.1) is 0 Å². The zero-order valence-electron chi connectivity index (χ0n) is 10.0. The maximum atomic E-state index is 3.75. The SMILES string of the molecule is C=C/C=C(C)\C(=C/C)C1=C(C)C=CCC1. The van der Waals surface area contributed by atoms with Gasteiger partial charge in [0.2, 0.25) is 0 Å². The molecule has 0 amide bonds. The second kappa shape index (κ2) is 5.55. The third-order valence-electron chi connectivity index (χ3n) is 2.81. The highest BCUT2D eigenvalue weighted by Gasteiger charge is 2.10. The van der Waals surface area contributed by atoms with Crippen molar-refractivity contribution in [2.24, 2.45) is 0 Å². The molecule has 0 aliphatic heterocycles. The van der Waals surface area contributed by atoms with E-state index in [0.717, 1.165) is 12.8 Å². The summed E-state index contributed by atoms with van der Waals surface area (Å²) in [6.07, 6.45) is 12.9. The summed E-state index contributed by atoms with van der Waals surface area (Å²) in [5.41, 5.74) is 5.55. The maximum Gasteiger partial charge on any atom is -0.0235 e. The van der Waals surface area contributed by atoms with E-state index in [9.17, 15) is 0 Å². The quantitative estimate of drug-likeness (QED) is 0.578. The molecule has 15 heavy (non-hydrogen) atoms. The van der Waals surface area contributed by atoms with E-state index < -0.39 is 0 Å². The summed E-state index contributed by atoms with van der Waals surface area (Å²) in [6.45, 7) is 10.2. The third-order valence-corrected chi connectivity index (χ3v) is 2.81. The van der Waals surface area contributed by atoms with Crippen LogP contribution >= 0.6 is 0 Å². The molecule has 1 aliphatic rings. The van der Waals surface area contributed by atoms with Gasteiger partial charge in [0.1, 0.15) is 0 Å². The van der Waals surface area contributed by atoms with Crippen molar-refractivity contribution in [3.63, 3.8) is 0 Å². The van der Waals surface area contributed by atoms with Crippen molar-refractivity contribution in [3.05, 3.63) is 59.3 Å². The van der Waals surface area contributed by atoms with Crippen molar-refractivity contribution < 1.29 is 0 Å². The van der Waals surface area contributed by atoms with Crippen LogP contribution in [-0.2, 0) is 0 Å². The van der Waals surface area contributed by atoms with Crippen molar-refractivity contribution >= 4 is 0 Å². The monoisotopic (exact) mass is 200 g/mol. The second-order valence-electron chi connectivity index (χ2n) is 3.89. The minimum atomic E-state index is 1.16. The first-order valence-corrected chi connectivity index (χ1v) is 5.53. The Bertz CT molecular complexity index is 359. The zero-order valence-corrected chi connectivity index (χ0v) is 10.0. The highest BCUT2D eigenvalue weighted by Crippen LogP contribution is 2.29. The molecule has 0 radical (unpaired) electrons. The largest absolute Gasteiger partial charge is 0.0991 e. The molecule has 1 rings (SSSR count). The van der Waals surface area contributed by atoms with Crippen LogP contribution in [0.5, 0.6) is 0 Å². The van der Waals surface area contributed by atoms with E-state index in [1.807, 2.05) is 6.08 Å². The number of hydrogen-bond acceptors (Lipinski definition) is 0. The van der Waals surface area contributed by atoms with Gasteiger partial charge in [0.25, 0.3) is 0 Å². The van der Waals surface area contributed by atoms with Gasteiger partial charge in [0, 0.05) is 0 Å². The van der Waals surface area contributed by atoms with E-state index in [0.29, 0.717) is 0 Å². The van der Waals surface area contributed by atoms with Crippen LogP contribution in [0, 0.1) is 0 Å². The fourth-order valence-corrected chi connectivity index (χ4v) is 2.04. The lowest BCUT2D eigenvalue weighted by Crippen LogP contribution is -1.98. The second-order valence-corrected chi connectivity index (χ2v) is 3.89. The molecule has 0 aromatic heterocycles. The van der Waals surface area contributed by atoms with E-state index in [2.05, 4.69) is 51.7 Å². The average molecular weight is 200 g/mol. The van der Waals surface area contributed by atoms with Crippen LogP contribution in [0.4, 0.5) is 0 Å². The molecule has 0 heterocycles. The van der Waals surface area contributed by atoms with Gasteiger partial charge in [-0.05, 0) is 55.9 Å². The van der Waals surface area contributed by atoms with Gasteiger partial charge < -0.3 is 0 Å². The third kappa shape index (κ3) is 2.82. The highest BCUT2D eigenvalue weighted by molar-refractivity contribution is 5.51. The Morgan fingerprint density at radius 1 is 1.47 bits per heavy atom. The maximum absolute atomic E-state index is 3.75. The average Bonchev–Trinajstić information content (AvgIpc) is 2.22. The van der Waals surface area contributed by atoms with Crippen molar-refractivity contribution in [3.8, 4) is 0 Å². The molecular formula is C15H20. The molecule has 0 spiro atoms. The standard InChI is InChI=1S/C15H20/c1-5-9-12(3)14(6-2)15-11-8-7-10-13(15)4/h5-7,9-10H,1,8,11H2,2-4H3/b12-9-,14-6+. The fraction of sp³-hybridized carbons (Fsp3) is 0.333. The molecule has 80 valence electrons. The van der Waals surface area contributed by atoms with E-state index in [-0.39, 0.29) is 0 Å². The van der Waals surface area contributed by atoms with Gasteiger partial charge in [-0.3, -0.25) is 0 Å². The minimum absolute atomic E-state index is 1.16. The van der Waals surface area contributed by atoms with Gasteiger partial charge in [0.15, 0.2) is 0 Å². The Morgan fingerprint density at radius 3 is 2.73 bits per heavy atom. The molecule has 0 N–H and O–H groups in total. The summed E-state index contributed by atoms with van der Waals surface area (Å²) in [6, 6.07) is 0. The van der Waals surface area contributed by atoms with E-state index in [4.69, 9.17) is 0 Å². The minimum Gasteiger partial charge on any atom is -0.0991 e. The molecular weight excluding hydrogens is 180 g/mol. The predicted molar refractivity (Wildman–Crippen MR) is 68.8 cm³/mol. The van der Waals surface area contributed by atoms with Crippen molar-refractivity contribution in [1.29, 1.82) is 0 Å². The summed E-state index contributed by atoms with van der Waals surface area (Å²) in [4.78, 5) is 0. The summed E-state index contributed by atoms with van der Waals surface area (Å²) < 4.78 is 0. The lowest BCUT2D eigenvalue weighted by Gasteiger charge is -2.17. The fourth-order valence-electron chi connectivity index (χ4n) is 2.04. The Morgan fingerprint density at radius 2 is 2.20 bits per heavy atom. The molecule has 0 heteroatoms. The predicted octanol–water partition coefficient (Wildman–Crippen LogP) is 4.73. The topological polar surface area (TPSA) is 0 Å². The first-order valence-electron chi connectivity index (χ1n) is 5.53. The normalized spacial score (nSPS) is 18.3. The first-order chi connectivity index (χ1) is 7.20. The highest BCUT2D eigenvalue weighted by atomic mass is 14.1. The number of allylic oxidation sites excluding steroid dienone is 9. The molecule has 0 aromatic carbocycles. The molecule has 0 atom stereocenters. The molecule has 0 fully saturated rings. The van der Waals surface area contributed by atoms with Crippen LogP contribution in [0.25, 0.3) is 0 Å². The van der Waals surface area contributed by atoms with Crippen LogP contribution < -0.4 is 0 Å². The van der Waals surface area contributed by atoms with Gasteiger partial charge in [0.05, 0.1) is 0 Å². The molecule has 0 nitrogen and oxygen atoms in total. The van der Waals surface area contributed by atoms with Crippen LogP contribution in [0.2, 0.25) is 0 Å². The van der Waals surface area contributed by atoms with E-state index in [1.54, 1.807) is 0 Å². The van der Waals surface area contributed by atoms with Crippen LogP contribution in [0.3, 0.4) is 0 Å². The van der Waals surface area contributed by atoms with Gasteiger partial charge >= 0.3 is 0 Å². The molecule has 0 bridgehead atoms. The number of rotatable bonds is 3. The van der Waals surface area contributed by atoms with E-state index in [1.165, 1.54) is 22.3 Å². The first kappa shape index (κ1) is 11.8. The molecule has 1 aliphatic carbocycles. The Kier molecular flexibility index (Phi) is 4.36. The molecule has 0 aromatic rings. The van der Waals surface area contributed by atoms with Crippen LogP contribution in [-0.4, -0.2) is 0 Å². The summed E-state index contributed by atoms with van der Waals surface area (Å²) in [7, 11) is 0. The van der Waals surface area contributed by atoms with Crippen molar-refractivity contribution in [1.82, 2.24) is 0 Å². The number of hydrogen-bond donors (Lipinski definition) is 0. The Balaban J connectivity index is 3.09. The summed E-state index contributed by atoms with van der Waals surface area (Å²) >= 11 is 0. The van der Waals surface area contributed by atoms with Crippen LogP contribution in [0.1, 0.15) is 33.6 Å². The van der Waals surface area contributed by atoms with E-state index >= 15 is 0 Å². The molecule has 0 unspecified atom stereocenters. The lowest BCUT2D eigenvalue weighted by molar-refractivity contribution is 0.948. The summed E-state index contributed by atoms with van der Waals surface area (Å²) in [5.74, 6) is 0. The smallest absolute Gasteiger partial charge is 0.0235 e. The lowest BCUT2D eigenvalue weighted by atomic mass is 9.88. The van der Waals surface area contributed by atoms with Crippen molar-refractivity contribution in [2.75, 3.05) is 0 Å². The van der Waals surface area contributed by atoms with Crippen molar-refractivity contribution in [2.45, 2.75) is 33.6 Å². The van der Waals surface area contributed by atoms with Gasteiger partial charge in [-0.25, -0.2) is 0 Å². The Hall–Kier alpha value is -1.30. The summed E-state index contributed by atoms with van der Waals surface area (Å²) in [5, 5.41) is 0. The van der Waals surface area contributed by atoms with Gasteiger partial charge in [-0.2, -0.15) is 0 Å². The van der Waals surface area contributed by atoms with Crippen LogP contribution in [0.15, 0.2) is 59.3 Å². The zero-order chi connectivity index (χ0) is 11.3. The Labute approximate surface area is 93.4 Å². The molecule has 0 saturated carbocycles.